The van der Waals surface area contributed by atoms with Gasteiger partial charge >= 0.3 is 5.97 Å². The molecular formula is C17H9Br3N2O3. The van der Waals surface area contributed by atoms with Gasteiger partial charge in [0.05, 0.1) is 32.0 Å². The van der Waals surface area contributed by atoms with E-state index in [1.807, 2.05) is 12.1 Å². The van der Waals surface area contributed by atoms with Crippen LogP contribution in [-0.2, 0) is 10.1 Å². The molecule has 4 rings (SSSR count). The molecule has 0 bridgehead atoms. The van der Waals surface area contributed by atoms with Crippen LogP contribution in [0, 0.1) is 0 Å². The van der Waals surface area contributed by atoms with Crippen molar-refractivity contribution in [2.45, 2.75) is 12.3 Å². The quantitative estimate of drug-likeness (QED) is 0.162. The average Bonchev–Trinajstić information content (AvgIpc) is 2.94. The number of ether oxygens (including phenoxy) is 1. The van der Waals surface area contributed by atoms with E-state index in [0.29, 0.717) is 30.6 Å². The number of carbonyl (C=O) groups is 1. The van der Waals surface area contributed by atoms with Crippen molar-refractivity contribution in [1.29, 1.82) is 0 Å². The van der Waals surface area contributed by atoms with Crippen molar-refractivity contribution in [1.82, 2.24) is 9.61 Å². The monoisotopic (exact) mass is 526 g/mol. The van der Waals surface area contributed by atoms with Crippen LogP contribution in [0.5, 0.6) is 5.75 Å². The number of hydrogen-bond donors (Lipinski definition) is 0. The lowest BCUT2D eigenvalue weighted by molar-refractivity contribution is -0.131. The third kappa shape index (κ3) is 2.42. The fourth-order valence-electron chi connectivity index (χ4n) is 3.04. The van der Waals surface area contributed by atoms with E-state index >= 15 is 0 Å². The minimum absolute atomic E-state index is 0.209. The number of aromatic nitrogens is 2. The van der Waals surface area contributed by atoms with Gasteiger partial charge in [0.25, 0.3) is 0 Å². The van der Waals surface area contributed by atoms with E-state index in [-0.39, 0.29) is 11.2 Å². The number of nitrogens with zero attached hydrogens (tertiary/aromatic N) is 2. The Bertz CT molecular complexity index is 1230. The van der Waals surface area contributed by atoms with E-state index in [1.165, 1.54) is 6.92 Å². The zero-order valence-corrected chi connectivity index (χ0v) is 17.5. The molecule has 4 aromatic rings. The van der Waals surface area contributed by atoms with Crippen molar-refractivity contribution in [3.8, 4) is 5.75 Å². The van der Waals surface area contributed by atoms with Gasteiger partial charge in [-0.1, -0.05) is 15.9 Å². The molecule has 0 radical (unpaired) electrons. The van der Waals surface area contributed by atoms with Gasteiger partial charge in [-0.25, -0.2) is 4.52 Å². The number of carbonyl (C=O) groups excluding carboxylic acids is 1. The number of benzene rings is 2. The summed E-state index contributed by atoms with van der Waals surface area (Å²) in [5.41, 5.74) is 1.96. The van der Waals surface area contributed by atoms with Crippen molar-refractivity contribution in [2.75, 3.05) is 0 Å². The Balaban J connectivity index is 2.34. The molecule has 2 aromatic heterocycles. The summed E-state index contributed by atoms with van der Waals surface area (Å²) in [4.78, 5) is 24.8. The van der Waals surface area contributed by atoms with Crippen LogP contribution in [0.4, 0.5) is 0 Å². The fraction of sp³-hybridized carbons (Fsp3) is 0.118. The Morgan fingerprint density at radius 2 is 1.88 bits per heavy atom. The molecule has 8 heteroatoms. The highest BCUT2D eigenvalue weighted by molar-refractivity contribution is 9.11. The van der Waals surface area contributed by atoms with Crippen molar-refractivity contribution >= 4 is 81.0 Å². The first-order chi connectivity index (χ1) is 11.9. The van der Waals surface area contributed by atoms with Gasteiger partial charge in [-0.2, -0.15) is 5.10 Å². The van der Waals surface area contributed by atoms with Gasteiger partial charge in [0.2, 0.25) is 5.43 Å². The number of fused-ring (bicyclic) bond motifs is 2. The number of hydrogen-bond acceptors (Lipinski definition) is 4. The maximum absolute atomic E-state index is 13.3. The van der Waals surface area contributed by atoms with Gasteiger partial charge in [0, 0.05) is 22.1 Å². The second-order valence-electron chi connectivity index (χ2n) is 5.50. The van der Waals surface area contributed by atoms with Crippen molar-refractivity contribution in [3.05, 3.63) is 49.1 Å². The summed E-state index contributed by atoms with van der Waals surface area (Å²) in [5.74, 6) is -0.285. The lowest BCUT2D eigenvalue weighted by Crippen LogP contribution is -2.12. The zero-order chi connectivity index (χ0) is 17.9. The molecule has 0 amide bonds. The summed E-state index contributed by atoms with van der Waals surface area (Å²) >= 11 is 10.3. The Labute approximate surface area is 166 Å². The highest BCUT2D eigenvalue weighted by Crippen LogP contribution is 2.37. The fourth-order valence-corrected chi connectivity index (χ4v) is 4.37. The van der Waals surface area contributed by atoms with E-state index in [1.54, 1.807) is 16.6 Å². The Kier molecular flexibility index (Phi) is 4.09. The molecule has 0 fully saturated rings. The van der Waals surface area contributed by atoms with Crippen LogP contribution >= 0.6 is 47.8 Å². The van der Waals surface area contributed by atoms with Crippen molar-refractivity contribution in [2.24, 2.45) is 0 Å². The lowest BCUT2D eigenvalue weighted by Gasteiger charge is -2.11. The van der Waals surface area contributed by atoms with E-state index < -0.39 is 5.97 Å². The average molecular weight is 529 g/mol. The molecule has 0 spiro atoms. The molecule has 2 aromatic carbocycles. The molecular weight excluding hydrogens is 520 g/mol. The smallest absolute Gasteiger partial charge is 0.308 e. The van der Waals surface area contributed by atoms with Crippen LogP contribution in [0.2, 0.25) is 0 Å². The second kappa shape index (κ2) is 6.03. The van der Waals surface area contributed by atoms with E-state index in [4.69, 9.17) is 4.74 Å². The molecule has 0 atom stereocenters. The number of alkyl halides is 1. The molecule has 126 valence electrons. The minimum atomic E-state index is -0.494. The molecule has 0 N–H and O–H groups in total. The Morgan fingerprint density at radius 3 is 2.56 bits per heavy atom. The zero-order valence-electron chi connectivity index (χ0n) is 12.8. The summed E-state index contributed by atoms with van der Waals surface area (Å²) in [5, 5.41) is 6.94. The minimum Gasteiger partial charge on any atom is -0.425 e. The first-order valence-electron chi connectivity index (χ1n) is 7.26. The van der Waals surface area contributed by atoms with Crippen LogP contribution < -0.4 is 10.2 Å². The summed E-state index contributed by atoms with van der Waals surface area (Å²) in [6, 6.07) is 7.31. The van der Waals surface area contributed by atoms with Crippen LogP contribution in [0.15, 0.2) is 38.0 Å². The normalized spacial score (nSPS) is 11.7. The van der Waals surface area contributed by atoms with E-state index in [0.717, 1.165) is 16.6 Å². The standard InChI is InChI=1S/C17H9Br3N2O3/c1-7(23)25-17-10(20)4-5-12-14(17)16(24)13-9(19)3-2-8-11(6-18)21-22(12)15(8)13/h2-5H,6H2,1H3. The molecule has 5 nitrogen and oxygen atoms in total. The van der Waals surface area contributed by atoms with Crippen LogP contribution in [0.25, 0.3) is 27.2 Å². The molecule has 0 aliphatic carbocycles. The molecule has 25 heavy (non-hydrogen) atoms. The Hall–Kier alpha value is -1.51. The van der Waals surface area contributed by atoms with Gasteiger partial charge in [-0.05, 0) is 56.1 Å². The predicted octanol–water partition coefficient (Wildman–Crippen LogP) is 4.78. The second-order valence-corrected chi connectivity index (χ2v) is 7.77. The third-order valence-corrected chi connectivity index (χ3v) is 5.83. The predicted molar refractivity (Wildman–Crippen MR) is 107 cm³/mol. The lowest BCUT2D eigenvalue weighted by atomic mass is 10.1. The molecule has 0 unspecified atom stereocenters. The molecule has 0 saturated carbocycles. The summed E-state index contributed by atoms with van der Waals surface area (Å²) < 4.78 is 8.27. The van der Waals surface area contributed by atoms with Crippen LogP contribution in [0.1, 0.15) is 12.6 Å². The molecule has 0 saturated heterocycles. The van der Waals surface area contributed by atoms with Gasteiger partial charge in [-0.3, -0.25) is 9.59 Å². The molecule has 0 aliphatic rings. The number of pyridine rings is 1. The SMILES string of the molecule is CC(=O)Oc1c(Br)ccc2c1c(=O)c1c(Br)ccc3c(CBr)nn2c31. The highest BCUT2D eigenvalue weighted by atomic mass is 79.9. The maximum Gasteiger partial charge on any atom is 0.308 e. The van der Waals surface area contributed by atoms with Gasteiger partial charge < -0.3 is 4.74 Å². The number of esters is 1. The third-order valence-electron chi connectivity index (χ3n) is 4.01. The summed E-state index contributed by atoms with van der Waals surface area (Å²) in [6.07, 6.45) is 0. The Morgan fingerprint density at radius 1 is 1.16 bits per heavy atom. The summed E-state index contributed by atoms with van der Waals surface area (Å²) in [7, 11) is 0. The maximum atomic E-state index is 13.3. The summed E-state index contributed by atoms with van der Waals surface area (Å²) in [6.45, 7) is 1.30. The van der Waals surface area contributed by atoms with E-state index in [9.17, 15) is 9.59 Å². The number of halogens is 3. The first kappa shape index (κ1) is 16.9. The van der Waals surface area contributed by atoms with Gasteiger partial charge in [0.1, 0.15) is 0 Å². The van der Waals surface area contributed by atoms with Gasteiger partial charge in [0.15, 0.2) is 5.75 Å². The van der Waals surface area contributed by atoms with E-state index in [2.05, 4.69) is 52.9 Å². The van der Waals surface area contributed by atoms with Gasteiger partial charge in [-0.15, -0.1) is 0 Å². The van der Waals surface area contributed by atoms with Crippen LogP contribution in [-0.4, -0.2) is 15.6 Å². The largest absolute Gasteiger partial charge is 0.425 e. The van der Waals surface area contributed by atoms with Crippen LogP contribution in [0.3, 0.4) is 0 Å². The first-order valence-corrected chi connectivity index (χ1v) is 9.96. The topological polar surface area (TPSA) is 60.7 Å². The highest BCUT2D eigenvalue weighted by Gasteiger charge is 2.22. The van der Waals surface area contributed by atoms with Crippen molar-refractivity contribution in [3.63, 3.8) is 0 Å². The molecule has 0 aliphatic heterocycles. The number of rotatable bonds is 2. The van der Waals surface area contributed by atoms with Crippen molar-refractivity contribution < 1.29 is 9.53 Å². The molecule has 2 heterocycles.